The molecule has 5 heteroatoms. The van der Waals surface area contributed by atoms with Gasteiger partial charge in [-0.1, -0.05) is 6.07 Å². The molecule has 2 N–H and O–H groups in total. The molecule has 16 heavy (non-hydrogen) atoms. The summed E-state index contributed by atoms with van der Waals surface area (Å²) in [6.07, 6.45) is 2.64. The Morgan fingerprint density at radius 1 is 1.44 bits per heavy atom. The Bertz CT molecular complexity index is 452. The van der Waals surface area contributed by atoms with Gasteiger partial charge in [0.25, 0.3) is 0 Å². The highest BCUT2D eigenvalue weighted by Crippen LogP contribution is 2.23. The molecule has 84 valence electrons. The van der Waals surface area contributed by atoms with E-state index in [4.69, 9.17) is 0 Å². The molecule has 0 aliphatic heterocycles. The van der Waals surface area contributed by atoms with E-state index in [9.17, 15) is 0 Å². The number of aromatic amines is 1. The third-order valence-electron chi connectivity index (χ3n) is 2.23. The van der Waals surface area contributed by atoms with Gasteiger partial charge in [0.1, 0.15) is 16.1 Å². The fraction of sp³-hybridized carbons (Fsp3) is 0.273. The van der Waals surface area contributed by atoms with E-state index in [0.29, 0.717) is 0 Å². The van der Waals surface area contributed by atoms with E-state index < -0.39 is 0 Å². The summed E-state index contributed by atoms with van der Waals surface area (Å²) in [7, 11) is 1.93. The first-order chi connectivity index (χ1) is 7.81. The number of nitrogens with one attached hydrogen (secondary N) is 2. The number of likely N-dealkylation sites (N-methyl/N-ethyl adjacent to an activating group) is 1. The van der Waals surface area contributed by atoms with Crippen LogP contribution in [-0.2, 0) is 6.42 Å². The van der Waals surface area contributed by atoms with Gasteiger partial charge in [0.2, 0.25) is 0 Å². The number of hydrogen-bond acceptors (Lipinski definition) is 3. The van der Waals surface area contributed by atoms with Crippen molar-refractivity contribution in [2.75, 3.05) is 13.6 Å². The lowest BCUT2D eigenvalue weighted by atomic mass is 10.3. The summed E-state index contributed by atoms with van der Waals surface area (Å²) < 4.78 is 0.886. The van der Waals surface area contributed by atoms with Gasteiger partial charge in [0.15, 0.2) is 0 Å². The number of rotatable bonds is 4. The fourth-order valence-corrected chi connectivity index (χ4v) is 1.95. The topological polar surface area (TPSA) is 53.6 Å². The molecule has 0 spiro atoms. The molecule has 2 rings (SSSR count). The van der Waals surface area contributed by atoms with Crippen LogP contribution >= 0.6 is 15.9 Å². The Morgan fingerprint density at radius 3 is 3.00 bits per heavy atom. The van der Waals surface area contributed by atoms with Gasteiger partial charge in [-0.25, -0.2) is 4.98 Å². The molecule has 0 aliphatic rings. The smallest absolute Gasteiger partial charge is 0.121 e. The molecule has 0 radical (unpaired) electrons. The first-order valence-electron chi connectivity index (χ1n) is 5.11. The lowest BCUT2D eigenvalue weighted by molar-refractivity contribution is 0.764. The van der Waals surface area contributed by atoms with E-state index in [0.717, 1.165) is 34.8 Å². The SMILES string of the molecule is CNCCc1nc(-c2ccccn2)c(Br)[nH]1. The standard InChI is InChI=1S/C11H13BrN4/c1-13-7-5-9-15-10(11(12)16-9)8-4-2-3-6-14-8/h2-4,6,13H,5,7H2,1H3,(H,15,16). The van der Waals surface area contributed by atoms with Gasteiger partial charge in [-0.05, 0) is 35.1 Å². The van der Waals surface area contributed by atoms with Crippen LogP contribution in [-0.4, -0.2) is 28.5 Å². The Balaban J connectivity index is 2.25. The van der Waals surface area contributed by atoms with Crippen LogP contribution in [0.25, 0.3) is 11.4 Å². The molecule has 0 aromatic carbocycles. The molecule has 2 aromatic rings. The molecule has 2 heterocycles. The van der Waals surface area contributed by atoms with Crippen molar-refractivity contribution in [2.45, 2.75) is 6.42 Å². The zero-order chi connectivity index (χ0) is 11.4. The maximum atomic E-state index is 4.51. The second-order valence-corrected chi connectivity index (χ2v) is 4.21. The van der Waals surface area contributed by atoms with Crippen molar-refractivity contribution in [3.8, 4) is 11.4 Å². The average molecular weight is 281 g/mol. The van der Waals surface area contributed by atoms with Gasteiger partial charge in [0.05, 0.1) is 5.69 Å². The fourth-order valence-electron chi connectivity index (χ4n) is 1.43. The Labute approximate surface area is 103 Å². The number of H-pyrrole nitrogens is 1. The van der Waals surface area contributed by atoms with Crippen molar-refractivity contribution >= 4 is 15.9 Å². The maximum absolute atomic E-state index is 4.51. The summed E-state index contributed by atoms with van der Waals surface area (Å²) in [5.41, 5.74) is 1.74. The first-order valence-corrected chi connectivity index (χ1v) is 5.91. The van der Waals surface area contributed by atoms with E-state index >= 15 is 0 Å². The third kappa shape index (κ3) is 2.48. The zero-order valence-corrected chi connectivity index (χ0v) is 10.6. The van der Waals surface area contributed by atoms with Gasteiger partial charge >= 0.3 is 0 Å². The van der Waals surface area contributed by atoms with Gasteiger partial charge in [-0.2, -0.15) is 0 Å². The number of pyridine rings is 1. The van der Waals surface area contributed by atoms with Crippen LogP contribution in [0.5, 0.6) is 0 Å². The van der Waals surface area contributed by atoms with Crippen LogP contribution in [0.1, 0.15) is 5.82 Å². The summed E-state index contributed by atoms with van der Waals surface area (Å²) >= 11 is 3.47. The number of halogens is 1. The predicted octanol–water partition coefficient (Wildman–Crippen LogP) is 2.00. The minimum atomic E-state index is 0.867. The van der Waals surface area contributed by atoms with Crippen LogP contribution in [0.15, 0.2) is 29.0 Å². The highest BCUT2D eigenvalue weighted by molar-refractivity contribution is 9.10. The summed E-state index contributed by atoms with van der Waals surface area (Å²) in [4.78, 5) is 12.0. The number of imidazole rings is 1. The summed E-state index contributed by atoms with van der Waals surface area (Å²) in [5, 5.41) is 3.09. The predicted molar refractivity (Wildman–Crippen MR) is 67.1 cm³/mol. The van der Waals surface area contributed by atoms with Crippen molar-refractivity contribution in [1.29, 1.82) is 0 Å². The molecule has 0 bridgehead atoms. The first kappa shape index (κ1) is 11.3. The second-order valence-electron chi connectivity index (χ2n) is 3.41. The number of hydrogen-bond donors (Lipinski definition) is 2. The van der Waals surface area contributed by atoms with Gasteiger partial charge in [0, 0.05) is 19.2 Å². The van der Waals surface area contributed by atoms with Crippen molar-refractivity contribution in [1.82, 2.24) is 20.3 Å². The summed E-state index contributed by atoms with van der Waals surface area (Å²) in [5.74, 6) is 0.960. The van der Waals surface area contributed by atoms with Crippen molar-refractivity contribution in [3.05, 3.63) is 34.8 Å². The van der Waals surface area contributed by atoms with Crippen molar-refractivity contribution in [2.24, 2.45) is 0 Å². The van der Waals surface area contributed by atoms with Crippen LogP contribution < -0.4 is 5.32 Å². The number of nitrogens with zero attached hydrogens (tertiary/aromatic N) is 2. The highest BCUT2D eigenvalue weighted by atomic mass is 79.9. The van der Waals surface area contributed by atoms with Gasteiger partial charge in [-0.3, -0.25) is 4.98 Å². The normalized spacial score (nSPS) is 10.6. The average Bonchev–Trinajstić information content (AvgIpc) is 2.69. The Hall–Kier alpha value is -1.20. The molecule has 0 atom stereocenters. The van der Waals surface area contributed by atoms with Crippen LogP contribution in [0.2, 0.25) is 0 Å². The monoisotopic (exact) mass is 280 g/mol. The second kappa shape index (κ2) is 5.23. The molecular weight excluding hydrogens is 268 g/mol. The molecule has 0 amide bonds. The summed E-state index contributed by atoms with van der Waals surface area (Å²) in [6, 6.07) is 5.80. The summed E-state index contributed by atoms with van der Waals surface area (Å²) in [6.45, 7) is 0.904. The number of aromatic nitrogens is 3. The van der Waals surface area contributed by atoms with E-state index in [-0.39, 0.29) is 0 Å². The Kier molecular flexibility index (Phi) is 3.69. The van der Waals surface area contributed by atoms with Crippen LogP contribution in [0, 0.1) is 0 Å². The van der Waals surface area contributed by atoms with Crippen LogP contribution in [0.4, 0.5) is 0 Å². The highest BCUT2D eigenvalue weighted by Gasteiger charge is 2.10. The lowest BCUT2D eigenvalue weighted by Crippen LogP contribution is -2.11. The minimum Gasteiger partial charge on any atom is -0.336 e. The van der Waals surface area contributed by atoms with Crippen molar-refractivity contribution in [3.63, 3.8) is 0 Å². The van der Waals surface area contributed by atoms with E-state index in [2.05, 4.69) is 36.2 Å². The third-order valence-corrected chi connectivity index (χ3v) is 2.80. The maximum Gasteiger partial charge on any atom is 0.121 e. The molecule has 2 aromatic heterocycles. The molecule has 0 unspecified atom stereocenters. The molecular formula is C11H13BrN4. The molecule has 0 fully saturated rings. The molecule has 0 saturated carbocycles. The molecule has 4 nitrogen and oxygen atoms in total. The van der Waals surface area contributed by atoms with E-state index in [1.54, 1.807) is 6.20 Å². The molecule has 0 saturated heterocycles. The Morgan fingerprint density at radius 2 is 2.31 bits per heavy atom. The van der Waals surface area contributed by atoms with Gasteiger partial charge in [-0.15, -0.1) is 0 Å². The largest absolute Gasteiger partial charge is 0.336 e. The van der Waals surface area contributed by atoms with E-state index in [1.807, 2.05) is 25.2 Å². The minimum absolute atomic E-state index is 0.867. The zero-order valence-electron chi connectivity index (χ0n) is 9.00. The molecule has 0 aliphatic carbocycles. The van der Waals surface area contributed by atoms with Crippen LogP contribution in [0.3, 0.4) is 0 Å². The van der Waals surface area contributed by atoms with Gasteiger partial charge < -0.3 is 10.3 Å². The van der Waals surface area contributed by atoms with E-state index in [1.165, 1.54) is 0 Å². The lowest BCUT2D eigenvalue weighted by Gasteiger charge is -1.95. The van der Waals surface area contributed by atoms with Crippen molar-refractivity contribution < 1.29 is 0 Å². The quantitative estimate of drug-likeness (QED) is 0.901.